The molecule has 1 amide bonds. The third-order valence-corrected chi connectivity index (χ3v) is 3.93. The maximum Gasteiger partial charge on any atom is 0.254 e. The Labute approximate surface area is 142 Å². The molecule has 23 heavy (non-hydrogen) atoms. The number of nitrogens with two attached hydrogens (primary N) is 1. The molecule has 0 aliphatic heterocycles. The number of halogens is 1. The van der Waals surface area contributed by atoms with Gasteiger partial charge >= 0.3 is 0 Å². The van der Waals surface area contributed by atoms with E-state index in [2.05, 4.69) is 10.4 Å². The minimum Gasteiger partial charge on any atom is -0.352 e. The van der Waals surface area contributed by atoms with Gasteiger partial charge in [0.25, 0.3) is 5.91 Å². The van der Waals surface area contributed by atoms with Crippen LogP contribution in [0, 0.1) is 0 Å². The molecule has 1 aromatic heterocycles. The highest BCUT2D eigenvalue weighted by atomic mass is 35.5. The normalized spacial score (nSPS) is 13.4. The molecule has 5 nitrogen and oxygen atoms in total. The molecule has 1 aliphatic rings. The van der Waals surface area contributed by atoms with Gasteiger partial charge in [0.05, 0.1) is 23.1 Å². The first-order valence-electron chi connectivity index (χ1n) is 7.93. The van der Waals surface area contributed by atoms with Crippen LogP contribution >= 0.6 is 12.4 Å². The Morgan fingerprint density at radius 3 is 2.65 bits per heavy atom. The molecule has 0 bridgehead atoms. The van der Waals surface area contributed by atoms with E-state index in [1.807, 2.05) is 35.0 Å². The molecule has 6 heteroatoms. The summed E-state index contributed by atoms with van der Waals surface area (Å²) < 4.78 is 1.91. The highest BCUT2D eigenvalue weighted by Gasteiger charge is 2.32. The Hall–Kier alpha value is -1.85. The topological polar surface area (TPSA) is 72.9 Å². The summed E-state index contributed by atoms with van der Waals surface area (Å²) in [6.45, 7) is 1.33. The van der Waals surface area contributed by atoms with Crippen molar-refractivity contribution in [1.29, 1.82) is 0 Å². The molecule has 1 saturated carbocycles. The van der Waals surface area contributed by atoms with Crippen LogP contribution in [0.1, 0.15) is 47.7 Å². The lowest BCUT2D eigenvalue weighted by atomic mass is 10.1. The third kappa shape index (κ3) is 4.12. The van der Waals surface area contributed by atoms with Gasteiger partial charge in [-0.1, -0.05) is 18.2 Å². The van der Waals surface area contributed by atoms with Gasteiger partial charge in [0.2, 0.25) is 0 Å². The highest BCUT2D eigenvalue weighted by Crippen LogP contribution is 2.42. The average Bonchev–Trinajstić information content (AvgIpc) is 3.30. The number of nitrogens with one attached hydrogen (secondary N) is 1. The minimum atomic E-state index is -0.0268. The zero-order chi connectivity index (χ0) is 15.4. The second kappa shape index (κ2) is 8.13. The number of carbonyl (C=O) groups is 1. The SMILES string of the molecule is Cl.NCCCCNC(=O)c1cnn(-c2ccccc2)c1C1CC1. The summed E-state index contributed by atoms with van der Waals surface area (Å²) in [6, 6.07) is 9.99. The Balaban J connectivity index is 0.00000192. The molecule has 3 rings (SSSR count). The van der Waals surface area contributed by atoms with Crippen molar-refractivity contribution in [1.82, 2.24) is 15.1 Å². The van der Waals surface area contributed by atoms with Crippen LogP contribution in [0.25, 0.3) is 5.69 Å². The molecular weight excluding hydrogens is 312 g/mol. The van der Waals surface area contributed by atoms with Gasteiger partial charge in [0.1, 0.15) is 0 Å². The van der Waals surface area contributed by atoms with Crippen molar-refractivity contribution in [3.05, 3.63) is 47.8 Å². The molecule has 3 N–H and O–H groups in total. The molecule has 0 unspecified atom stereocenters. The minimum absolute atomic E-state index is 0. The van der Waals surface area contributed by atoms with Crippen molar-refractivity contribution in [2.24, 2.45) is 5.73 Å². The van der Waals surface area contributed by atoms with E-state index in [9.17, 15) is 4.79 Å². The van der Waals surface area contributed by atoms with E-state index in [0.717, 1.165) is 37.1 Å². The fourth-order valence-corrected chi connectivity index (χ4v) is 2.62. The molecule has 124 valence electrons. The number of hydrogen-bond donors (Lipinski definition) is 2. The Morgan fingerprint density at radius 1 is 1.26 bits per heavy atom. The zero-order valence-electron chi connectivity index (χ0n) is 13.1. The fourth-order valence-electron chi connectivity index (χ4n) is 2.62. The lowest BCUT2D eigenvalue weighted by Crippen LogP contribution is -2.25. The number of benzene rings is 1. The first kappa shape index (κ1) is 17.5. The monoisotopic (exact) mass is 334 g/mol. The molecule has 1 aliphatic carbocycles. The van der Waals surface area contributed by atoms with Crippen LogP contribution < -0.4 is 11.1 Å². The van der Waals surface area contributed by atoms with Crippen LogP contribution in [0.4, 0.5) is 0 Å². The van der Waals surface area contributed by atoms with Gasteiger partial charge in [-0.3, -0.25) is 4.79 Å². The van der Waals surface area contributed by atoms with Crippen molar-refractivity contribution in [3.63, 3.8) is 0 Å². The maximum absolute atomic E-state index is 12.4. The highest BCUT2D eigenvalue weighted by molar-refractivity contribution is 5.95. The summed E-state index contributed by atoms with van der Waals surface area (Å²) in [5.41, 5.74) is 8.23. The van der Waals surface area contributed by atoms with Crippen LogP contribution in [0.3, 0.4) is 0 Å². The quantitative estimate of drug-likeness (QED) is 0.764. The van der Waals surface area contributed by atoms with Gasteiger partial charge in [-0.2, -0.15) is 5.10 Å². The van der Waals surface area contributed by atoms with E-state index in [1.54, 1.807) is 6.20 Å². The van der Waals surface area contributed by atoms with Gasteiger partial charge in [0, 0.05) is 12.5 Å². The van der Waals surface area contributed by atoms with Crippen molar-refractivity contribution in [2.45, 2.75) is 31.6 Å². The van der Waals surface area contributed by atoms with Gasteiger partial charge in [-0.25, -0.2) is 4.68 Å². The summed E-state index contributed by atoms with van der Waals surface area (Å²) in [6.07, 6.45) is 5.80. The number of amides is 1. The number of carbonyl (C=O) groups excluding carboxylic acids is 1. The number of nitrogens with zero attached hydrogens (tertiary/aromatic N) is 2. The first-order chi connectivity index (χ1) is 10.8. The number of para-hydroxylation sites is 1. The predicted molar refractivity (Wildman–Crippen MR) is 93.4 cm³/mol. The second-order valence-corrected chi connectivity index (χ2v) is 5.72. The molecule has 1 fully saturated rings. The molecule has 0 spiro atoms. The second-order valence-electron chi connectivity index (χ2n) is 5.72. The van der Waals surface area contributed by atoms with E-state index in [0.29, 0.717) is 24.6 Å². The molecule has 0 radical (unpaired) electrons. The van der Waals surface area contributed by atoms with Gasteiger partial charge in [0.15, 0.2) is 0 Å². The lowest BCUT2D eigenvalue weighted by molar-refractivity contribution is 0.0952. The molecular formula is C17H23ClN4O. The van der Waals surface area contributed by atoms with E-state index >= 15 is 0 Å². The van der Waals surface area contributed by atoms with Crippen LogP contribution in [0.2, 0.25) is 0 Å². The van der Waals surface area contributed by atoms with Crippen molar-refractivity contribution < 1.29 is 4.79 Å². The molecule has 1 aromatic carbocycles. The number of unbranched alkanes of at least 4 members (excludes halogenated alkanes) is 1. The smallest absolute Gasteiger partial charge is 0.254 e. The molecule has 0 saturated heterocycles. The third-order valence-electron chi connectivity index (χ3n) is 3.93. The molecule has 1 heterocycles. The number of aromatic nitrogens is 2. The predicted octanol–water partition coefficient (Wildman–Crippen LogP) is 2.64. The van der Waals surface area contributed by atoms with Gasteiger partial charge in [-0.05, 0) is 44.4 Å². The van der Waals surface area contributed by atoms with Gasteiger partial charge in [-0.15, -0.1) is 12.4 Å². The number of hydrogen-bond acceptors (Lipinski definition) is 3. The average molecular weight is 335 g/mol. The molecule has 0 atom stereocenters. The summed E-state index contributed by atoms with van der Waals surface area (Å²) in [5, 5.41) is 7.42. The van der Waals surface area contributed by atoms with E-state index in [-0.39, 0.29) is 18.3 Å². The zero-order valence-corrected chi connectivity index (χ0v) is 13.9. The summed E-state index contributed by atoms with van der Waals surface area (Å²) in [4.78, 5) is 12.4. The largest absolute Gasteiger partial charge is 0.352 e. The van der Waals surface area contributed by atoms with Crippen LogP contribution in [-0.4, -0.2) is 28.8 Å². The van der Waals surface area contributed by atoms with E-state index < -0.39 is 0 Å². The Morgan fingerprint density at radius 2 is 2.00 bits per heavy atom. The van der Waals surface area contributed by atoms with Crippen LogP contribution in [-0.2, 0) is 0 Å². The van der Waals surface area contributed by atoms with E-state index in [4.69, 9.17) is 5.73 Å². The van der Waals surface area contributed by atoms with E-state index in [1.165, 1.54) is 0 Å². The maximum atomic E-state index is 12.4. The van der Waals surface area contributed by atoms with Crippen molar-refractivity contribution in [2.75, 3.05) is 13.1 Å². The van der Waals surface area contributed by atoms with Crippen LogP contribution in [0.15, 0.2) is 36.5 Å². The summed E-state index contributed by atoms with van der Waals surface area (Å²) in [7, 11) is 0. The Bertz CT molecular complexity index is 637. The summed E-state index contributed by atoms with van der Waals surface area (Å²) >= 11 is 0. The number of rotatable bonds is 7. The summed E-state index contributed by atoms with van der Waals surface area (Å²) in [5.74, 6) is 0.425. The van der Waals surface area contributed by atoms with Crippen molar-refractivity contribution >= 4 is 18.3 Å². The van der Waals surface area contributed by atoms with Crippen LogP contribution in [0.5, 0.6) is 0 Å². The Kier molecular flexibility index (Phi) is 6.19. The standard InChI is InChI=1S/C17H22N4O.ClH/c18-10-4-5-11-19-17(22)15-12-20-21(16(15)13-8-9-13)14-6-2-1-3-7-14;/h1-3,6-7,12-13H,4-5,8-11,18H2,(H,19,22);1H. The lowest BCUT2D eigenvalue weighted by Gasteiger charge is -2.09. The van der Waals surface area contributed by atoms with Gasteiger partial charge < -0.3 is 11.1 Å². The fraction of sp³-hybridized carbons (Fsp3) is 0.412. The van der Waals surface area contributed by atoms with Crippen molar-refractivity contribution in [3.8, 4) is 5.69 Å². The molecule has 2 aromatic rings. The first-order valence-corrected chi connectivity index (χ1v) is 7.93.